The van der Waals surface area contributed by atoms with Gasteiger partial charge in [0.15, 0.2) is 5.82 Å². The van der Waals surface area contributed by atoms with Crippen LogP contribution in [0.2, 0.25) is 5.02 Å². The number of hydrogen-bond donors (Lipinski definition) is 2. The topological polar surface area (TPSA) is 79.9 Å². The van der Waals surface area contributed by atoms with Crippen LogP contribution in [0.25, 0.3) is 11.4 Å². The molecule has 1 amide bonds. The number of carbonyl (C=O) groups excluding carboxylic acids is 1. The molecule has 0 radical (unpaired) electrons. The second-order valence-electron chi connectivity index (χ2n) is 5.36. The van der Waals surface area contributed by atoms with Gasteiger partial charge < -0.3 is 10.1 Å². The number of aromatic amines is 1. The molecule has 6 nitrogen and oxygen atoms in total. The second-order valence-corrected chi connectivity index (χ2v) is 6.74. The molecule has 24 heavy (non-hydrogen) atoms. The molecule has 1 atom stereocenters. The lowest BCUT2D eigenvalue weighted by atomic mass is 10.2. The normalized spacial score (nSPS) is 12.0. The quantitative estimate of drug-likeness (QED) is 0.697. The van der Waals surface area contributed by atoms with E-state index in [2.05, 4.69) is 27.4 Å². The van der Waals surface area contributed by atoms with Crippen LogP contribution in [0, 0.1) is 0 Å². The van der Waals surface area contributed by atoms with Crippen molar-refractivity contribution in [1.29, 1.82) is 0 Å². The Balaban J connectivity index is 1.99. The smallest absolute Gasteiger partial charge is 0.230 e. The highest BCUT2D eigenvalue weighted by molar-refractivity contribution is 7.99. The summed E-state index contributed by atoms with van der Waals surface area (Å²) >= 11 is 7.31. The number of halogens is 1. The molecule has 0 spiro atoms. The molecule has 130 valence electrons. The number of carbonyl (C=O) groups is 1. The van der Waals surface area contributed by atoms with Gasteiger partial charge in [0, 0.05) is 11.1 Å². The number of nitrogens with zero attached hydrogens (tertiary/aromatic N) is 2. The predicted molar refractivity (Wildman–Crippen MR) is 96.6 cm³/mol. The largest absolute Gasteiger partial charge is 0.496 e. The van der Waals surface area contributed by atoms with Gasteiger partial charge in [-0.1, -0.05) is 36.7 Å². The van der Waals surface area contributed by atoms with Crippen molar-refractivity contribution in [2.45, 2.75) is 37.9 Å². The first-order chi connectivity index (χ1) is 11.5. The summed E-state index contributed by atoms with van der Waals surface area (Å²) in [4.78, 5) is 16.3. The standard InChI is InChI=1S/C16H21ClN4O2S/c1-4-5-10(2)18-14(22)9-24-16-19-15(20-21-16)12-8-11(17)6-7-13(12)23-3/h6-8,10H,4-5,9H2,1-3H3,(H,18,22)(H,19,20,21)/t10-/m0/s1. The van der Waals surface area contributed by atoms with E-state index in [0.29, 0.717) is 21.8 Å². The number of ether oxygens (including phenoxy) is 1. The summed E-state index contributed by atoms with van der Waals surface area (Å²) in [5, 5.41) is 11.0. The summed E-state index contributed by atoms with van der Waals surface area (Å²) < 4.78 is 5.31. The van der Waals surface area contributed by atoms with E-state index in [1.54, 1.807) is 25.3 Å². The Labute approximate surface area is 150 Å². The highest BCUT2D eigenvalue weighted by Crippen LogP contribution is 2.31. The molecule has 0 unspecified atom stereocenters. The van der Waals surface area contributed by atoms with Crippen LogP contribution in [0.3, 0.4) is 0 Å². The van der Waals surface area contributed by atoms with Crippen molar-refractivity contribution in [2.75, 3.05) is 12.9 Å². The van der Waals surface area contributed by atoms with E-state index in [1.165, 1.54) is 11.8 Å². The third-order valence-electron chi connectivity index (χ3n) is 3.34. The SMILES string of the molecule is CCC[C@H](C)NC(=O)CSc1n[nH]c(-c2cc(Cl)ccc2OC)n1. The molecular weight excluding hydrogens is 348 g/mol. The van der Waals surface area contributed by atoms with Crippen molar-refractivity contribution in [3.8, 4) is 17.1 Å². The molecule has 1 aromatic heterocycles. The predicted octanol–water partition coefficient (Wildman–Crippen LogP) is 3.53. The number of hydrogen-bond acceptors (Lipinski definition) is 5. The number of benzene rings is 1. The van der Waals surface area contributed by atoms with Gasteiger partial charge in [-0.25, -0.2) is 4.98 Å². The summed E-state index contributed by atoms with van der Waals surface area (Å²) in [7, 11) is 1.58. The van der Waals surface area contributed by atoms with Crippen molar-refractivity contribution < 1.29 is 9.53 Å². The molecule has 0 bridgehead atoms. The lowest BCUT2D eigenvalue weighted by molar-refractivity contribution is -0.119. The highest BCUT2D eigenvalue weighted by Gasteiger charge is 2.13. The summed E-state index contributed by atoms with van der Waals surface area (Å²) in [6, 6.07) is 5.46. The van der Waals surface area contributed by atoms with Gasteiger partial charge in [0.05, 0.1) is 18.4 Å². The Morgan fingerprint density at radius 1 is 1.50 bits per heavy atom. The third-order valence-corrected chi connectivity index (χ3v) is 4.43. The minimum atomic E-state index is -0.0207. The first kappa shape index (κ1) is 18.6. The summed E-state index contributed by atoms with van der Waals surface area (Å²) in [6.45, 7) is 4.10. The zero-order chi connectivity index (χ0) is 17.5. The number of thioether (sulfide) groups is 1. The zero-order valence-electron chi connectivity index (χ0n) is 13.9. The molecular formula is C16H21ClN4O2S. The zero-order valence-corrected chi connectivity index (χ0v) is 15.5. The molecule has 0 aliphatic rings. The van der Waals surface area contributed by atoms with Crippen LogP contribution >= 0.6 is 23.4 Å². The molecule has 1 heterocycles. The van der Waals surface area contributed by atoms with E-state index in [4.69, 9.17) is 16.3 Å². The molecule has 8 heteroatoms. The van der Waals surface area contributed by atoms with E-state index < -0.39 is 0 Å². The number of methoxy groups -OCH3 is 1. The van der Waals surface area contributed by atoms with E-state index in [-0.39, 0.29) is 17.7 Å². The van der Waals surface area contributed by atoms with Crippen LogP contribution in [-0.4, -0.2) is 40.0 Å². The van der Waals surface area contributed by atoms with E-state index in [0.717, 1.165) is 18.4 Å². The number of amides is 1. The van der Waals surface area contributed by atoms with Crippen LogP contribution in [0.1, 0.15) is 26.7 Å². The molecule has 0 saturated carbocycles. The maximum atomic E-state index is 11.9. The molecule has 1 aromatic carbocycles. The molecule has 0 saturated heterocycles. The fraction of sp³-hybridized carbons (Fsp3) is 0.438. The molecule has 2 N–H and O–H groups in total. The minimum absolute atomic E-state index is 0.0207. The summed E-state index contributed by atoms with van der Waals surface area (Å²) in [5.74, 6) is 1.46. The number of nitrogens with one attached hydrogen (secondary N) is 2. The first-order valence-corrected chi connectivity index (χ1v) is 9.08. The van der Waals surface area contributed by atoms with Crippen molar-refractivity contribution in [2.24, 2.45) is 0 Å². The molecule has 0 fully saturated rings. The van der Waals surface area contributed by atoms with Crippen molar-refractivity contribution in [3.63, 3.8) is 0 Å². The van der Waals surface area contributed by atoms with Gasteiger partial charge >= 0.3 is 0 Å². The third kappa shape index (κ3) is 5.14. The van der Waals surface area contributed by atoms with Gasteiger partial charge in [-0.15, -0.1) is 5.10 Å². The Bertz CT molecular complexity index is 692. The van der Waals surface area contributed by atoms with Crippen LogP contribution in [-0.2, 0) is 4.79 Å². The van der Waals surface area contributed by atoms with Gasteiger partial charge in [0.2, 0.25) is 11.1 Å². The maximum absolute atomic E-state index is 11.9. The molecule has 0 aliphatic heterocycles. The van der Waals surface area contributed by atoms with Crippen molar-refractivity contribution in [1.82, 2.24) is 20.5 Å². The Kier molecular flexibility index (Phi) is 6.93. The highest BCUT2D eigenvalue weighted by atomic mass is 35.5. The Morgan fingerprint density at radius 3 is 3.00 bits per heavy atom. The van der Waals surface area contributed by atoms with Crippen LogP contribution < -0.4 is 10.1 Å². The fourth-order valence-electron chi connectivity index (χ4n) is 2.25. The number of H-pyrrole nitrogens is 1. The molecule has 2 aromatic rings. The van der Waals surface area contributed by atoms with E-state index in [9.17, 15) is 4.79 Å². The van der Waals surface area contributed by atoms with E-state index in [1.807, 2.05) is 6.92 Å². The average molecular weight is 369 g/mol. The minimum Gasteiger partial charge on any atom is -0.496 e. The fourth-order valence-corrected chi connectivity index (χ4v) is 3.03. The van der Waals surface area contributed by atoms with Crippen LogP contribution in [0.5, 0.6) is 5.75 Å². The number of rotatable bonds is 8. The molecule has 0 aliphatic carbocycles. The van der Waals surface area contributed by atoms with Gasteiger partial charge in [0.25, 0.3) is 0 Å². The summed E-state index contributed by atoms with van der Waals surface area (Å²) in [5.41, 5.74) is 0.727. The lowest BCUT2D eigenvalue weighted by Crippen LogP contribution is -2.33. The second kappa shape index (κ2) is 8.94. The summed E-state index contributed by atoms with van der Waals surface area (Å²) in [6.07, 6.45) is 2.01. The van der Waals surface area contributed by atoms with Crippen LogP contribution in [0.4, 0.5) is 0 Å². The van der Waals surface area contributed by atoms with Gasteiger partial charge in [0.1, 0.15) is 5.75 Å². The Morgan fingerprint density at radius 2 is 2.29 bits per heavy atom. The van der Waals surface area contributed by atoms with Gasteiger partial charge in [-0.05, 0) is 31.5 Å². The number of aromatic nitrogens is 3. The van der Waals surface area contributed by atoms with Crippen molar-refractivity contribution in [3.05, 3.63) is 23.2 Å². The van der Waals surface area contributed by atoms with E-state index >= 15 is 0 Å². The average Bonchev–Trinajstić information content (AvgIpc) is 3.02. The van der Waals surface area contributed by atoms with Gasteiger partial charge in [-0.3, -0.25) is 9.89 Å². The maximum Gasteiger partial charge on any atom is 0.230 e. The molecule has 2 rings (SSSR count). The van der Waals surface area contributed by atoms with Gasteiger partial charge in [-0.2, -0.15) is 0 Å². The lowest BCUT2D eigenvalue weighted by Gasteiger charge is -2.11. The van der Waals surface area contributed by atoms with Crippen LogP contribution in [0.15, 0.2) is 23.4 Å². The Hall–Kier alpha value is -1.73. The van der Waals surface area contributed by atoms with Crippen molar-refractivity contribution >= 4 is 29.3 Å². The first-order valence-electron chi connectivity index (χ1n) is 7.72. The monoisotopic (exact) mass is 368 g/mol.